The Morgan fingerprint density at radius 1 is 0.568 bits per heavy atom. The van der Waals surface area contributed by atoms with E-state index in [9.17, 15) is 0 Å². The van der Waals surface area contributed by atoms with Crippen LogP contribution < -0.4 is 5.53 Å². The highest BCUT2D eigenvalue weighted by Crippen LogP contribution is 2.23. The topological polar surface area (TPSA) is 87.9 Å². The van der Waals surface area contributed by atoms with Crippen LogP contribution in [0.2, 0.25) is 0 Å². The van der Waals surface area contributed by atoms with E-state index in [0.717, 1.165) is 0 Å². The first-order valence-electron chi connectivity index (χ1n) is 12.1. The van der Waals surface area contributed by atoms with E-state index < -0.39 is 25.2 Å². The van der Waals surface area contributed by atoms with Crippen molar-refractivity contribution in [1.82, 2.24) is 5.53 Å². The average Bonchev–Trinajstić information content (AvgIpc) is 2.85. The lowest BCUT2D eigenvalue weighted by atomic mass is 10.4. The molecule has 0 N–H and O–H groups in total. The van der Waals surface area contributed by atoms with E-state index in [0.29, 0.717) is 26.4 Å². The van der Waals surface area contributed by atoms with Crippen molar-refractivity contribution in [2.45, 2.75) is 52.9 Å². The molecule has 37 heavy (non-hydrogen) atoms. The summed E-state index contributed by atoms with van der Waals surface area (Å²) in [4.78, 5) is 0. The molecule has 0 aromatic rings. The standard InChI is InChI=1S/C22H46N3O8S4/c1-9-30-19(31-10-2)15-24(21(34)35,13-17(26-5)27-6)23-25(22(36)37,14-18(28-7)29-8)16-20(32-11-3)33-12-4/h17-20H,9-16H2,1-8H3,(H,34,35)(H,36,37)/q+2/p-2. The van der Waals surface area contributed by atoms with Gasteiger partial charge in [0.1, 0.15) is 0 Å². The number of ether oxygens (including phenoxy) is 8. The number of nitrogens with zero attached hydrogens (tertiary/aromatic N) is 3. The lowest BCUT2D eigenvalue weighted by Gasteiger charge is -2.47. The fourth-order valence-electron chi connectivity index (χ4n) is 3.52. The summed E-state index contributed by atoms with van der Waals surface area (Å²) in [5.74, 6) is 0. The Morgan fingerprint density at radius 2 is 0.811 bits per heavy atom. The molecule has 0 rings (SSSR count). The molecule has 0 aliphatic heterocycles. The molecule has 0 aromatic carbocycles. The summed E-state index contributed by atoms with van der Waals surface area (Å²) in [6.45, 7) is 9.50. The molecule has 2 atom stereocenters. The van der Waals surface area contributed by atoms with Crippen molar-refractivity contribution >= 4 is 58.3 Å². The van der Waals surface area contributed by atoms with Crippen molar-refractivity contribution in [1.29, 1.82) is 0 Å². The molecule has 11 nitrogen and oxygen atoms in total. The number of methoxy groups -OCH3 is 4. The average molecular weight is 607 g/mol. The van der Waals surface area contributed by atoms with E-state index in [2.05, 4.69) is 0 Å². The number of quaternary nitrogens is 2. The maximum atomic E-state index is 5.84. The van der Waals surface area contributed by atoms with E-state index in [1.807, 2.05) is 27.7 Å². The summed E-state index contributed by atoms with van der Waals surface area (Å²) in [5, 5.41) is 0. The largest absolute Gasteiger partial charge is 0.368 e. The highest BCUT2D eigenvalue weighted by Gasteiger charge is 2.50. The predicted octanol–water partition coefficient (Wildman–Crippen LogP) is 1.75. The van der Waals surface area contributed by atoms with Crippen molar-refractivity contribution in [3.63, 3.8) is 0 Å². The molecule has 15 heteroatoms. The van der Waals surface area contributed by atoms with Crippen LogP contribution in [0.15, 0.2) is 0 Å². The van der Waals surface area contributed by atoms with Crippen LogP contribution in [-0.4, -0.2) is 124 Å². The van der Waals surface area contributed by atoms with Crippen molar-refractivity contribution in [3.05, 3.63) is 0 Å². The van der Waals surface area contributed by atoms with Gasteiger partial charge in [0.25, 0.3) is 0 Å². The molecule has 0 saturated heterocycles. The maximum Gasteiger partial charge on any atom is 0.210 e. The van der Waals surface area contributed by atoms with Crippen LogP contribution in [0.3, 0.4) is 0 Å². The van der Waals surface area contributed by atoms with Gasteiger partial charge in [-0.1, -0.05) is 0 Å². The van der Waals surface area contributed by atoms with E-state index in [1.54, 1.807) is 0 Å². The predicted molar refractivity (Wildman–Crippen MR) is 152 cm³/mol. The molecule has 0 heterocycles. The van der Waals surface area contributed by atoms with Gasteiger partial charge < -0.3 is 87.6 Å². The van der Waals surface area contributed by atoms with Crippen LogP contribution >= 0.6 is 24.4 Å². The van der Waals surface area contributed by atoms with Crippen LogP contribution in [-0.2, 0) is 63.2 Å². The number of thiocarbonyl (C=S) groups is 2. The van der Waals surface area contributed by atoms with Crippen molar-refractivity contribution < 1.29 is 47.1 Å². The highest BCUT2D eigenvalue weighted by atomic mass is 32.1. The lowest BCUT2D eigenvalue weighted by molar-refractivity contribution is -1.10. The summed E-state index contributed by atoms with van der Waals surface area (Å²) < 4.78 is 44.9. The summed E-state index contributed by atoms with van der Waals surface area (Å²) in [6.07, 6.45) is -2.82. The molecule has 0 fully saturated rings. The van der Waals surface area contributed by atoms with Crippen LogP contribution in [0, 0.1) is 0 Å². The smallest absolute Gasteiger partial charge is 0.210 e. The van der Waals surface area contributed by atoms with Crippen LogP contribution in [0.4, 0.5) is 0 Å². The van der Waals surface area contributed by atoms with Crippen molar-refractivity contribution in [2.24, 2.45) is 0 Å². The molecule has 0 bridgehead atoms. The summed E-state index contributed by atoms with van der Waals surface area (Å²) in [7, 11) is 6.07. The van der Waals surface area contributed by atoms with Gasteiger partial charge in [0.15, 0.2) is 31.7 Å². The zero-order valence-corrected chi connectivity index (χ0v) is 26.5. The SMILES string of the molecule is CCOC(C[N+](CC(OC)OC)([N][N+](CC(OC)OC)(CC(OCC)OCC)C(=S)[S-])C(=S)[S-])OCC. The zero-order chi connectivity index (χ0) is 28.5. The second-order valence-electron chi connectivity index (χ2n) is 7.68. The number of rotatable bonds is 22. The fourth-order valence-corrected chi connectivity index (χ4v) is 4.26. The van der Waals surface area contributed by atoms with Gasteiger partial charge in [-0.25, -0.2) is 0 Å². The third-order valence-corrected chi connectivity index (χ3v) is 6.65. The van der Waals surface area contributed by atoms with Crippen LogP contribution in [0.5, 0.6) is 0 Å². The summed E-state index contributed by atoms with van der Waals surface area (Å²) in [5.41, 5.74) is 5.16. The molecule has 1 radical (unpaired) electrons. The second-order valence-corrected chi connectivity index (χ2v) is 9.74. The normalized spacial score (nSPS) is 15.5. The van der Waals surface area contributed by atoms with Gasteiger partial charge in [0, 0.05) is 54.9 Å². The fraction of sp³-hybridized carbons (Fsp3) is 0.909. The van der Waals surface area contributed by atoms with Gasteiger partial charge in [0.05, 0.1) is 8.64 Å². The minimum absolute atomic E-state index is 0.0907. The maximum absolute atomic E-state index is 5.84. The van der Waals surface area contributed by atoms with E-state index in [1.165, 1.54) is 28.4 Å². The lowest BCUT2D eigenvalue weighted by Crippen LogP contribution is -2.75. The molecule has 0 saturated carbocycles. The van der Waals surface area contributed by atoms with E-state index >= 15 is 0 Å². The molecule has 0 spiro atoms. The monoisotopic (exact) mass is 606 g/mol. The first kappa shape index (κ1) is 37.2. The zero-order valence-electron chi connectivity index (χ0n) is 23.2. The van der Waals surface area contributed by atoms with E-state index in [4.69, 9.17) is 93.1 Å². The summed E-state index contributed by atoms with van der Waals surface area (Å²) in [6, 6.07) is 0. The molecule has 219 valence electrons. The molecule has 0 aromatic heterocycles. The van der Waals surface area contributed by atoms with Gasteiger partial charge >= 0.3 is 0 Å². The molecular formula is C22H44N3O8S4. The Kier molecular flexibility index (Phi) is 20.2. The molecular weight excluding hydrogens is 563 g/mol. The molecule has 0 amide bonds. The minimum atomic E-state index is -0.718. The number of hydrogen-bond donors (Lipinski definition) is 0. The van der Waals surface area contributed by atoms with E-state index in [-0.39, 0.29) is 44.0 Å². The molecule has 0 aliphatic carbocycles. The van der Waals surface area contributed by atoms with Gasteiger partial charge in [-0.05, 0) is 27.7 Å². The van der Waals surface area contributed by atoms with Gasteiger partial charge in [-0.3, -0.25) is 0 Å². The van der Waals surface area contributed by atoms with Gasteiger partial charge in [-0.2, -0.15) is 0 Å². The Bertz CT molecular complexity index is 585. The molecule has 2 unspecified atom stereocenters. The minimum Gasteiger partial charge on any atom is -0.368 e. The molecule has 0 aliphatic rings. The van der Waals surface area contributed by atoms with Crippen LogP contribution in [0.25, 0.3) is 0 Å². The number of hydrogen-bond acceptors (Lipinski definition) is 12. The van der Waals surface area contributed by atoms with Crippen LogP contribution in [0.1, 0.15) is 27.7 Å². The Hall–Kier alpha value is 0.180. The summed E-state index contributed by atoms with van der Waals surface area (Å²) >= 11 is 22.5. The third-order valence-electron chi connectivity index (χ3n) is 5.29. The second kappa shape index (κ2) is 20.1. The quantitative estimate of drug-likeness (QED) is 0.0592. The Morgan fingerprint density at radius 3 is 1.00 bits per heavy atom. The van der Waals surface area contributed by atoms with Crippen molar-refractivity contribution in [3.8, 4) is 0 Å². The Balaban J connectivity index is 6.95. The first-order valence-corrected chi connectivity index (χ1v) is 13.7. The third kappa shape index (κ3) is 12.5. The van der Waals surface area contributed by atoms with Gasteiger partial charge in [-0.15, -0.1) is 9.18 Å². The highest BCUT2D eigenvalue weighted by molar-refractivity contribution is 8.00. The van der Waals surface area contributed by atoms with Gasteiger partial charge in [0.2, 0.25) is 25.2 Å². The van der Waals surface area contributed by atoms with Crippen molar-refractivity contribution in [2.75, 3.05) is 81.0 Å². The Labute approximate surface area is 244 Å². The first-order chi connectivity index (χ1) is 17.6.